The predicted molar refractivity (Wildman–Crippen MR) is 108 cm³/mol. The first kappa shape index (κ1) is 22.3. The molecule has 0 saturated heterocycles. The molecule has 1 atom stereocenters. The van der Waals surface area contributed by atoms with E-state index in [9.17, 15) is 5.11 Å². The number of halogens is 1. The van der Waals surface area contributed by atoms with Crippen molar-refractivity contribution in [1.82, 2.24) is 4.90 Å². The van der Waals surface area contributed by atoms with Crippen molar-refractivity contribution in [2.75, 3.05) is 19.7 Å². The molecule has 1 saturated carbocycles. The Balaban J connectivity index is 0.00000312. The fourth-order valence-corrected chi connectivity index (χ4v) is 3.74. The van der Waals surface area contributed by atoms with Gasteiger partial charge >= 0.3 is 0 Å². The first-order valence-corrected chi connectivity index (χ1v) is 9.66. The fourth-order valence-electron chi connectivity index (χ4n) is 3.74. The SMILES string of the molecule is CCN(CC(O)COc1cc(C)ccc1C(C)C)C1CCCCC1.Cl. The summed E-state index contributed by atoms with van der Waals surface area (Å²) in [6.45, 7) is 10.7. The van der Waals surface area contributed by atoms with Gasteiger partial charge in [-0.3, -0.25) is 4.90 Å². The van der Waals surface area contributed by atoms with Crippen LogP contribution in [0.25, 0.3) is 0 Å². The minimum absolute atomic E-state index is 0. The number of nitrogens with zero attached hydrogens (tertiary/aromatic N) is 1. The number of ether oxygens (including phenoxy) is 1. The van der Waals surface area contributed by atoms with E-state index in [1.807, 2.05) is 0 Å². The molecule has 1 N–H and O–H groups in total. The molecule has 0 radical (unpaired) electrons. The lowest BCUT2D eigenvalue weighted by Crippen LogP contribution is -2.43. The third-order valence-electron chi connectivity index (χ3n) is 5.16. The van der Waals surface area contributed by atoms with Crippen LogP contribution in [0.5, 0.6) is 5.75 Å². The van der Waals surface area contributed by atoms with E-state index in [4.69, 9.17) is 4.74 Å². The van der Waals surface area contributed by atoms with Gasteiger partial charge < -0.3 is 9.84 Å². The monoisotopic (exact) mass is 369 g/mol. The number of hydrogen-bond acceptors (Lipinski definition) is 3. The van der Waals surface area contributed by atoms with E-state index >= 15 is 0 Å². The molecular formula is C21H36ClNO2. The predicted octanol–water partition coefficient (Wildman–Crippen LogP) is 4.93. The quantitative estimate of drug-likeness (QED) is 0.704. The topological polar surface area (TPSA) is 32.7 Å². The van der Waals surface area contributed by atoms with Gasteiger partial charge in [0, 0.05) is 12.6 Å². The number of aliphatic hydroxyl groups excluding tert-OH is 1. The molecule has 2 rings (SSSR count). The number of rotatable bonds is 8. The van der Waals surface area contributed by atoms with Gasteiger partial charge in [0.1, 0.15) is 18.5 Å². The van der Waals surface area contributed by atoms with E-state index in [0.29, 0.717) is 25.1 Å². The van der Waals surface area contributed by atoms with E-state index in [0.717, 1.165) is 12.3 Å². The number of aryl methyl sites for hydroxylation is 1. The Hall–Kier alpha value is -0.770. The molecule has 1 aromatic rings. The van der Waals surface area contributed by atoms with Crippen LogP contribution >= 0.6 is 12.4 Å². The van der Waals surface area contributed by atoms with Crippen LogP contribution in [-0.4, -0.2) is 41.8 Å². The number of aliphatic hydroxyl groups is 1. The third-order valence-corrected chi connectivity index (χ3v) is 5.16. The molecule has 1 aromatic carbocycles. The molecule has 4 heteroatoms. The summed E-state index contributed by atoms with van der Waals surface area (Å²) in [6.07, 6.45) is 6.13. The molecule has 3 nitrogen and oxygen atoms in total. The van der Waals surface area contributed by atoms with Crippen LogP contribution < -0.4 is 4.74 Å². The number of benzene rings is 1. The molecule has 1 aliphatic rings. The van der Waals surface area contributed by atoms with Gasteiger partial charge in [-0.1, -0.05) is 52.2 Å². The van der Waals surface area contributed by atoms with Crippen LogP contribution in [0.1, 0.15) is 69.9 Å². The lowest BCUT2D eigenvalue weighted by Gasteiger charge is -2.34. The summed E-state index contributed by atoms with van der Waals surface area (Å²) in [5, 5.41) is 10.5. The first-order valence-electron chi connectivity index (χ1n) is 9.66. The van der Waals surface area contributed by atoms with Crippen LogP contribution in [0, 0.1) is 6.92 Å². The average Bonchev–Trinajstić information content (AvgIpc) is 2.58. The molecule has 144 valence electrons. The first-order chi connectivity index (χ1) is 11.5. The molecule has 25 heavy (non-hydrogen) atoms. The van der Waals surface area contributed by atoms with E-state index < -0.39 is 6.10 Å². The van der Waals surface area contributed by atoms with E-state index in [1.54, 1.807) is 0 Å². The molecule has 0 aromatic heterocycles. The van der Waals surface area contributed by atoms with Crippen molar-refractivity contribution in [2.24, 2.45) is 0 Å². The van der Waals surface area contributed by atoms with Crippen molar-refractivity contribution in [1.29, 1.82) is 0 Å². The lowest BCUT2D eigenvalue weighted by atomic mass is 9.94. The maximum atomic E-state index is 10.5. The zero-order valence-electron chi connectivity index (χ0n) is 16.3. The Kier molecular flexibility index (Phi) is 9.84. The van der Waals surface area contributed by atoms with Gasteiger partial charge in [0.25, 0.3) is 0 Å². The summed E-state index contributed by atoms with van der Waals surface area (Å²) in [5.41, 5.74) is 2.41. The summed E-state index contributed by atoms with van der Waals surface area (Å²) in [5.74, 6) is 1.34. The van der Waals surface area contributed by atoms with Crippen molar-refractivity contribution >= 4 is 12.4 Å². The zero-order valence-corrected chi connectivity index (χ0v) is 17.1. The van der Waals surface area contributed by atoms with Crippen molar-refractivity contribution in [2.45, 2.75) is 77.9 Å². The summed E-state index contributed by atoms with van der Waals surface area (Å²) < 4.78 is 6.00. The molecule has 0 amide bonds. The summed E-state index contributed by atoms with van der Waals surface area (Å²) in [4.78, 5) is 2.44. The van der Waals surface area contributed by atoms with Gasteiger partial charge in [-0.15, -0.1) is 12.4 Å². The van der Waals surface area contributed by atoms with Gasteiger partial charge in [0.15, 0.2) is 0 Å². The Bertz CT molecular complexity index is 501. The molecule has 1 fully saturated rings. The van der Waals surface area contributed by atoms with Gasteiger partial charge in [-0.2, -0.15) is 0 Å². The smallest absolute Gasteiger partial charge is 0.123 e. The Labute approximate surface area is 160 Å². The van der Waals surface area contributed by atoms with Crippen molar-refractivity contribution in [3.63, 3.8) is 0 Å². The minimum atomic E-state index is -0.438. The molecule has 0 aliphatic heterocycles. The van der Waals surface area contributed by atoms with Gasteiger partial charge in [0.05, 0.1) is 0 Å². The third kappa shape index (κ3) is 6.80. The van der Waals surface area contributed by atoms with Crippen LogP contribution in [0.15, 0.2) is 18.2 Å². The Morgan fingerprint density at radius 2 is 1.88 bits per heavy atom. The Morgan fingerprint density at radius 1 is 1.20 bits per heavy atom. The highest BCUT2D eigenvalue weighted by Gasteiger charge is 2.22. The average molecular weight is 370 g/mol. The molecule has 0 heterocycles. The molecule has 1 unspecified atom stereocenters. The largest absolute Gasteiger partial charge is 0.491 e. The lowest BCUT2D eigenvalue weighted by molar-refractivity contribution is 0.0460. The van der Waals surface area contributed by atoms with Gasteiger partial charge in [-0.05, 0) is 49.4 Å². The second-order valence-corrected chi connectivity index (χ2v) is 7.54. The van der Waals surface area contributed by atoms with Crippen LogP contribution in [0.2, 0.25) is 0 Å². The second-order valence-electron chi connectivity index (χ2n) is 7.54. The summed E-state index contributed by atoms with van der Waals surface area (Å²) in [6, 6.07) is 6.99. The zero-order chi connectivity index (χ0) is 17.5. The normalized spacial score (nSPS) is 16.8. The van der Waals surface area contributed by atoms with Crippen LogP contribution in [0.4, 0.5) is 0 Å². The van der Waals surface area contributed by atoms with Gasteiger partial charge in [0.2, 0.25) is 0 Å². The summed E-state index contributed by atoms with van der Waals surface area (Å²) in [7, 11) is 0. The van der Waals surface area contributed by atoms with Crippen LogP contribution in [0.3, 0.4) is 0 Å². The highest BCUT2D eigenvalue weighted by molar-refractivity contribution is 5.85. The number of likely N-dealkylation sites (N-methyl/N-ethyl adjacent to an activating group) is 1. The van der Waals surface area contributed by atoms with Gasteiger partial charge in [-0.25, -0.2) is 0 Å². The maximum Gasteiger partial charge on any atom is 0.123 e. The van der Waals surface area contributed by atoms with Crippen molar-refractivity contribution in [3.05, 3.63) is 29.3 Å². The molecular weight excluding hydrogens is 334 g/mol. The minimum Gasteiger partial charge on any atom is -0.491 e. The standard InChI is InChI=1S/C21H35NO2.ClH/c1-5-22(18-9-7-6-8-10-18)14-19(23)15-24-21-13-17(4)11-12-20(21)16(2)3;/h11-13,16,18-19,23H,5-10,14-15H2,1-4H3;1H. The van der Waals surface area contributed by atoms with E-state index in [-0.39, 0.29) is 12.4 Å². The van der Waals surface area contributed by atoms with Crippen molar-refractivity contribution in [3.8, 4) is 5.75 Å². The summed E-state index contributed by atoms with van der Waals surface area (Å²) >= 11 is 0. The van der Waals surface area contributed by atoms with E-state index in [1.165, 1.54) is 43.2 Å². The fraction of sp³-hybridized carbons (Fsp3) is 0.714. The molecule has 1 aliphatic carbocycles. The molecule has 0 bridgehead atoms. The van der Waals surface area contributed by atoms with E-state index in [2.05, 4.69) is 50.8 Å². The molecule has 0 spiro atoms. The highest BCUT2D eigenvalue weighted by atomic mass is 35.5. The highest BCUT2D eigenvalue weighted by Crippen LogP contribution is 2.28. The Morgan fingerprint density at radius 3 is 2.48 bits per heavy atom. The maximum absolute atomic E-state index is 10.5. The van der Waals surface area contributed by atoms with Crippen molar-refractivity contribution < 1.29 is 9.84 Å². The van der Waals surface area contributed by atoms with Crippen LogP contribution in [-0.2, 0) is 0 Å². The number of hydrogen-bond donors (Lipinski definition) is 1. The second kappa shape index (κ2) is 11.1.